The Morgan fingerprint density at radius 3 is 2.81 bits per heavy atom. The van der Waals surface area contributed by atoms with Crippen LogP contribution in [0.2, 0.25) is 0 Å². The Balaban J connectivity index is 2.31. The summed E-state index contributed by atoms with van der Waals surface area (Å²) in [4.78, 5) is 24.5. The van der Waals surface area contributed by atoms with Gasteiger partial charge in [0.25, 0.3) is 11.6 Å². The minimum absolute atomic E-state index is 0.0496. The molecule has 21 heavy (non-hydrogen) atoms. The normalized spacial score (nSPS) is 22.0. The van der Waals surface area contributed by atoms with Crippen molar-refractivity contribution in [2.45, 2.75) is 19.4 Å². The SMILES string of the molecule is CNc1ccc([N+](=O)[O-])c(C(=O)N2CCC(C)C(O)C2)c1. The molecule has 0 aromatic heterocycles. The first-order chi connectivity index (χ1) is 9.93. The zero-order chi connectivity index (χ0) is 15.6. The molecule has 1 heterocycles. The number of carbonyl (C=O) groups is 1. The number of amides is 1. The van der Waals surface area contributed by atoms with Gasteiger partial charge in [0.2, 0.25) is 0 Å². The van der Waals surface area contributed by atoms with Gasteiger partial charge in [-0.25, -0.2) is 0 Å². The van der Waals surface area contributed by atoms with Crippen molar-refractivity contribution in [2.24, 2.45) is 5.92 Å². The van der Waals surface area contributed by atoms with Gasteiger partial charge in [-0.05, 0) is 24.5 Å². The Hall–Kier alpha value is -2.15. The van der Waals surface area contributed by atoms with Gasteiger partial charge in [-0.3, -0.25) is 14.9 Å². The second-order valence-corrected chi connectivity index (χ2v) is 5.32. The molecule has 1 amide bonds. The predicted molar refractivity (Wildman–Crippen MR) is 78.3 cm³/mol. The van der Waals surface area contributed by atoms with E-state index in [0.29, 0.717) is 18.7 Å². The highest BCUT2D eigenvalue weighted by molar-refractivity contribution is 5.99. The second-order valence-electron chi connectivity index (χ2n) is 5.32. The third-order valence-corrected chi connectivity index (χ3v) is 3.92. The number of β-amino-alcohol motifs (C(OH)–C–C–N with tert-alkyl or cyclic N) is 1. The van der Waals surface area contributed by atoms with E-state index in [4.69, 9.17) is 0 Å². The summed E-state index contributed by atoms with van der Waals surface area (Å²) >= 11 is 0. The van der Waals surface area contributed by atoms with E-state index in [1.807, 2.05) is 6.92 Å². The van der Waals surface area contributed by atoms with Crippen LogP contribution in [0.25, 0.3) is 0 Å². The molecule has 1 aromatic rings. The fourth-order valence-electron chi connectivity index (χ4n) is 2.43. The van der Waals surface area contributed by atoms with Crippen LogP contribution in [0.4, 0.5) is 11.4 Å². The monoisotopic (exact) mass is 293 g/mol. The summed E-state index contributed by atoms with van der Waals surface area (Å²) in [5.41, 5.74) is 0.468. The number of hydrogen-bond acceptors (Lipinski definition) is 5. The van der Waals surface area contributed by atoms with Gasteiger partial charge in [-0.2, -0.15) is 0 Å². The molecule has 2 unspecified atom stereocenters. The molecule has 0 aliphatic carbocycles. The van der Waals surface area contributed by atoms with Gasteiger partial charge in [0.05, 0.1) is 11.0 Å². The molecule has 0 bridgehead atoms. The van der Waals surface area contributed by atoms with E-state index in [-0.39, 0.29) is 23.7 Å². The fourth-order valence-corrected chi connectivity index (χ4v) is 2.43. The molecule has 0 saturated carbocycles. The number of piperidine rings is 1. The summed E-state index contributed by atoms with van der Waals surface area (Å²) in [6.07, 6.45) is 0.0983. The number of aliphatic hydroxyl groups excluding tert-OH is 1. The minimum Gasteiger partial charge on any atom is -0.391 e. The van der Waals surface area contributed by atoms with Gasteiger partial charge in [-0.1, -0.05) is 6.92 Å². The molecular weight excluding hydrogens is 274 g/mol. The van der Waals surface area contributed by atoms with Crippen molar-refractivity contribution >= 4 is 17.3 Å². The number of nitro groups is 1. The topological polar surface area (TPSA) is 95.7 Å². The Bertz CT molecular complexity index is 561. The number of nitro benzene ring substituents is 1. The van der Waals surface area contributed by atoms with Crippen molar-refractivity contribution < 1.29 is 14.8 Å². The predicted octanol–water partition coefficient (Wildman–Crippen LogP) is 1.48. The molecule has 1 saturated heterocycles. The number of likely N-dealkylation sites (tertiary alicyclic amines) is 1. The first-order valence-electron chi connectivity index (χ1n) is 6.87. The number of rotatable bonds is 3. The van der Waals surface area contributed by atoms with E-state index < -0.39 is 16.9 Å². The quantitative estimate of drug-likeness (QED) is 0.650. The van der Waals surface area contributed by atoms with Gasteiger partial charge < -0.3 is 15.3 Å². The van der Waals surface area contributed by atoms with Gasteiger partial charge in [-0.15, -0.1) is 0 Å². The molecule has 2 N–H and O–H groups in total. The lowest BCUT2D eigenvalue weighted by molar-refractivity contribution is -0.385. The third kappa shape index (κ3) is 3.13. The van der Waals surface area contributed by atoms with Gasteiger partial charge in [0.1, 0.15) is 5.56 Å². The van der Waals surface area contributed by atoms with E-state index in [2.05, 4.69) is 5.32 Å². The second kappa shape index (κ2) is 6.09. The molecular formula is C14H19N3O4. The third-order valence-electron chi connectivity index (χ3n) is 3.92. The molecule has 1 aromatic carbocycles. The zero-order valence-electron chi connectivity index (χ0n) is 12.1. The molecule has 2 atom stereocenters. The molecule has 7 heteroatoms. The lowest BCUT2D eigenvalue weighted by Crippen LogP contribution is -2.45. The van der Waals surface area contributed by atoms with Crippen LogP contribution in [-0.4, -0.2) is 47.1 Å². The number of aliphatic hydroxyl groups is 1. The number of benzene rings is 1. The molecule has 2 rings (SSSR count). The zero-order valence-corrected chi connectivity index (χ0v) is 12.1. The van der Waals surface area contributed by atoms with Crippen molar-refractivity contribution in [1.82, 2.24) is 4.90 Å². The smallest absolute Gasteiger partial charge is 0.282 e. The maximum Gasteiger partial charge on any atom is 0.282 e. The highest BCUT2D eigenvalue weighted by Crippen LogP contribution is 2.26. The number of carbonyl (C=O) groups excluding carboxylic acids is 1. The summed E-state index contributed by atoms with van der Waals surface area (Å²) in [6.45, 7) is 2.63. The maximum atomic E-state index is 12.5. The number of anilines is 1. The van der Waals surface area contributed by atoms with Crippen molar-refractivity contribution in [2.75, 3.05) is 25.5 Å². The summed E-state index contributed by atoms with van der Waals surface area (Å²) in [5.74, 6) is -0.280. The summed E-state index contributed by atoms with van der Waals surface area (Å²) < 4.78 is 0. The summed E-state index contributed by atoms with van der Waals surface area (Å²) in [7, 11) is 1.68. The standard InChI is InChI=1S/C14H19N3O4/c1-9-5-6-16(8-13(9)18)14(19)11-7-10(15-2)3-4-12(11)17(20)21/h3-4,7,9,13,15,18H,5-6,8H2,1-2H3. The first kappa shape index (κ1) is 15.2. The Labute approximate surface area is 122 Å². The van der Waals surface area contributed by atoms with E-state index >= 15 is 0 Å². The van der Waals surface area contributed by atoms with Crippen molar-refractivity contribution in [3.05, 3.63) is 33.9 Å². The molecule has 1 aliphatic heterocycles. The highest BCUT2D eigenvalue weighted by atomic mass is 16.6. The van der Waals surface area contributed by atoms with E-state index in [1.165, 1.54) is 17.0 Å². The number of nitrogens with one attached hydrogen (secondary N) is 1. The fraction of sp³-hybridized carbons (Fsp3) is 0.500. The maximum absolute atomic E-state index is 12.5. The van der Waals surface area contributed by atoms with Crippen molar-refractivity contribution in [3.63, 3.8) is 0 Å². The number of hydrogen-bond donors (Lipinski definition) is 2. The Morgan fingerprint density at radius 2 is 2.24 bits per heavy atom. The molecule has 0 radical (unpaired) electrons. The first-order valence-corrected chi connectivity index (χ1v) is 6.87. The van der Waals surface area contributed by atoms with Crippen molar-refractivity contribution in [3.8, 4) is 0 Å². The van der Waals surface area contributed by atoms with Crippen LogP contribution >= 0.6 is 0 Å². The van der Waals surface area contributed by atoms with Crippen LogP contribution in [0.5, 0.6) is 0 Å². The van der Waals surface area contributed by atoms with Crippen LogP contribution in [0, 0.1) is 16.0 Å². The molecule has 0 spiro atoms. The molecule has 1 fully saturated rings. The summed E-state index contributed by atoms with van der Waals surface area (Å²) in [6, 6.07) is 4.36. The van der Waals surface area contributed by atoms with Gasteiger partial charge in [0.15, 0.2) is 0 Å². The number of nitrogens with zero attached hydrogens (tertiary/aromatic N) is 2. The molecule has 1 aliphatic rings. The highest BCUT2D eigenvalue weighted by Gasteiger charge is 2.31. The van der Waals surface area contributed by atoms with Gasteiger partial charge >= 0.3 is 0 Å². The average Bonchev–Trinajstić information content (AvgIpc) is 2.48. The average molecular weight is 293 g/mol. The van der Waals surface area contributed by atoms with Crippen molar-refractivity contribution in [1.29, 1.82) is 0 Å². The largest absolute Gasteiger partial charge is 0.391 e. The lowest BCUT2D eigenvalue weighted by Gasteiger charge is -2.34. The molecule has 7 nitrogen and oxygen atoms in total. The van der Waals surface area contributed by atoms with Crippen LogP contribution in [-0.2, 0) is 0 Å². The Kier molecular flexibility index (Phi) is 4.42. The Morgan fingerprint density at radius 1 is 1.52 bits per heavy atom. The lowest BCUT2D eigenvalue weighted by atomic mass is 9.95. The van der Waals surface area contributed by atoms with Crippen LogP contribution < -0.4 is 5.32 Å². The minimum atomic E-state index is -0.589. The van der Waals surface area contributed by atoms with E-state index in [1.54, 1.807) is 13.1 Å². The van der Waals surface area contributed by atoms with Crippen LogP contribution in [0.3, 0.4) is 0 Å². The van der Waals surface area contributed by atoms with Crippen LogP contribution in [0.15, 0.2) is 18.2 Å². The molecule has 114 valence electrons. The van der Waals surface area contributed by atoms with Crippen LogP contribution in [0.1, 0.15) is 23.7 Å². The van der Waals surface area contributed by atoms with E-state index in [9.17, 15) is 20.0 Å². The summed E-state index contributed by atoms with van der Waals surface area (Å²) in [5, 5.41) is 23.8. The van der Waals surface area contributed by atoms with Gasteiger partial charge in [0, 0.05) is 31.9 Å². The van der Waals surface area contributed by atoms with E-state index in [0.717, 1.165) is 0 Å².